The van der Waals surface area contributed by atoms with Crippen LogP contribution in [0.1, 0.15) is 44.2 Å². The van der Waals surface area contributed by atoms with E-state index in [9.17, 15) is 14.4 Å². The number of hydrogen-bond acceptors (Lipinski definition) is 5. The minimum Gasteiger partial charge on any atom is -0.492 e. The standard InChI is InChI=1S/C30H40N4O4/c1-3-21(2)27-29(36)33-24-15-18-34(30(24)37)25(20-22-10-5-4-6-11-22)28(35)32-16-9-13-23-12-7-8-14-26(23)38-19-17-31-27/h4-8,10-12,14,21,24-25,27,31H,3,9,13,15-20H2,1-2H3,(H,32,35)(H,33,36)/t21?,24-,25+,27-/m0/s1. The number of ether oxygens (including phenoxy) is 1. The summed E-state index contributed by atoms with van der Waals surface area (Å²) in [7, 11) is 0. The average molecular weight is 521 g/mol. The molecule has 0 aliphatic carbocycles. The van der Waals surface area contributed by atoms with Crippen LogP contribution in [-0.2, 0) is 27.2 Å². The zero-order valence-electron chi connectivity index (χ0n) is 22.4. The van der Waals surface area contributed by atoms with Crippen molar-refractivity contribution < 1.29 is 19.1 Å². The van der Waals surface area contributed by atoms with E-state index in [1.165, 1.54) is 0 Å². The van der Waals surface area contributed by atoms with Crippen LogP contribution in [0.4, 0.5) is 0 Å². The quantitative estimate of drug-likeness (QED) is 0.575. The normalized spacial score (nSPS) is 24.3. The molecule has 204 valence electrons. The molecule has 0 saturated carbocycles. The number of fused-ring (bicyclic) bond motifs is 3. The number of rotatable bonds is 4. The Morgan fingerprint density at radius 2 is 1.76 bits per heavy atom. The molecule has 0 radical (unpaired) electrons. The zero-order valence-corrected chi connectivity index (χ0v) is 22.4. The molecule has 38 heavy (non-hydrogen) atoms. The summed E-state index contributed by atoms with van der Waals surface area (Å²) in [5.41, 5.74) is 2.07. The maximum absolute atomic E-state index is 13.5. The maximum atomic E-state index is 13.5. The lowest BCUT2D eigenvalue weighted by molar-refractivity contribution is -0.139. The molecule has 1 fully saturated rings. The number of nitrogens with one attached hydrogen (secondary N) is 3. The fourth-order valence-electron chi connectivity index (χ4n) is 5.21. The first-order valence-corrected chi connectivity index (χ1v) is 13.8. The van der Waals surface area contributed by atoms with E-state index < -0.39 is 18.1 Å². The van der Waals surface area contributed by atoms with Gasteiger partial charge in [0, 0.05) is 26.1 Å². The van der Waals surface area contributed by atoms with Gasteiger partial charge < -0.3 is 25.6 Å². The number of carbonyl (C=O) groups is 3. The summed E-state index contributed by atoms with van der Waals surface area (Å²) >= 11 is 0. The molecule has 0 aromatic heterocycles. The Morgan fingerprint density at radius 3 is 2.55 bits per heavy atom. The van der Waals surface area contributed by atoms with Gasteiger partial charge in [-0.05, 0) is 42.4 Å². The first-order chi connectivity index (χ1) is 18.5. The van der Waals surface area contributed by atoms with Crippen LogP contribution in [0.15, 0.2) is 54.6 Å². The van der Waals surface area contributed by atoms with Crippen LogP contribution in [0, 0.1) is 5.92 Å². The second kappa shape index (κ2) is 13.4. The molecule has 3 amide bonds. The fraction of sp³-hybridized carbons (Fsp3) is 0.500. The average Bonchev–Trinajstić information content (AvgIpc) is 3.29. The minimum atomic E-state index is -0.635. The maximum Gasteiger partial charge on any atom is 0.245 e. The monoisotopic (exact) mass is 520 g/mol. The molecule has 2 aliphatic rings. The number of para-hydroxylation sites is 1. The van der Waals surface area contributed by atoms with E-state index in [0.717, 1.165) is 36.1 Å². The lowest BCUT2D eigenvalue weighted by Crippen LogP contribution is -2.55. The Balaban J connectivity index is 1.57. The topological polar surface area (TPSA) is 99.8 Å². The summed E-state index contributed by atoms with van der Waals surface area (Å²) in [5.74, 6) is 0.347. The number of benzene rings is 2. The summed E-state index contributed by atoms with van der Waals surface area (Å²) in [4.78, 5) is 41.8. The summed E-state index contributed by atoms with van der Waals surface area (Å²) < 4.78 is 6.06. The highest BCUT2D eigenvalue weighted by molar-refractivity contribution is 5.94. The second-order valence-electron chi connectivity index (χ2n) is 10.3. The van der Waals surface area contributed by atoms with Gasteiger partial charge >= 0.3 is 0 Å². The van der Waals surface area contributed by atoms with Gasteiger partial charge in [-0.1, -0.05) is 68.8 Å². The van der Waals surface area contributed by atoms with E-state index in [4.69, 9.17) is 4.74 Å². The molecule has 4 atom stereocenters. The molecule has 2 aromatic rings. The van der Waals surface area contributed by atoms with Gasteiger partial charge in [0.25, 0.3) is 0 Å². The van der Waals surface area contributed by atoms with Crippen LogP contribution in [-0.4, -0.2) is 67.0 Å². The van der Waals surface area contributed by atoms with Gasteiger partial charge in [-0.3, -0.25) is 14.4 Å². The van der Waals surface area contributed by atoms with E-state index >= 15 is 0 Å². The smallest absolute Gasteiger partial charge is 0.245 e. The molecule has 3 N–H and O–H groups in total. The first-order valence-electron chi connectivity index (χ1n) is 13.8. The number of hydrogen-bond donors (Lipinski definition) is 3. The van der Waals surface area contributed by atoms with E-state index in [2.05, 4.69) is 16.0 Å². The number of carbonyl (C=O) groups excluding carboxylic acids is 3. The molecule has 4 rings (SSSR count). The van der Waals surface area contributed by atoms with E-state index in [-0.39, 0.29) is 23.6 Å². The van der Waals surface area contributed by atoms with E-state index in [1.807, 2.05) is 68.4 Å². The predicted octanol–water partition coefficient (Wildman–Crippen LogP) is 2.46. The van der Waals surface area contributed by atoms with Gasteiger partial charge in [0.05, 0.1) is 6.04 Å². The molecular formula is C30H40N4O4. The first kappa shape index (κ1) is 27.6. The van der Waals surface area contributed by atoms with Crippen LogP contribution in [0.2, 0.25) is 0 Å². The lowest BCUT2D eigenvalue weighted by Gasteiger charge is -2.28. The molecule has 2 aromatic carbocycles. The predicted molar refractivity (Wildman–Crippen MR) is 147 cm³/mol. The summed E-state index contributed by atoms with van der Waals surface area (Å²) in [6, 6.07) is 16.0. The van der Waals surface area contributed by atoms with Gasteiger partial charge in [-0.15, -0.1) is 0 Å². The van der Waals surface area contributed by atoms with Gasteiger partial charge in [0.1, 0.15) is 24.4 Å². The number of amides is 3. The van der Waals surface area contributed by atoms with Crippen molar-refractivity contribution in [2.45, 2.75) is 64.1 Å². The number of aryl methyl sites for hydroxylation is 1. The molecule has 8 nitrogen and oxygen atoms in total. The van der Waals surface area contributed by atoms with Crippen LogP contribution < -0.4 is 20.7 Å². The van der Waals surface area contributed by atoms with Crippen molar-refractivity contribution in [1.29, 1.82) is 0 Å². The van der Waals surface area contributed by atoms with E-state index in [1.54, 1.807) is 4.90 Å². The molecule has 2 heterocycles. The van der Waals surface area contributed by atoms with Gasteiger partial charge in [-0.25, -0.2) is 0 Å². The Bertz CT molecular complexity index is 1090. The zero-order chi connectivity index (χ0) is 26.9. The van der Waals surface area contributed by atoms with Crippen LogP contribution in [0.3, 0.4) is 0 Å². The molecule has 1 unspecified atom stereocenters. The third-order valence-corrected chi connectivity index (χ3v) is 7.62. The van der Waals surface area contributed by atoms with Crippen molar-refractivity contribution in [3.05, 3.63) is 65.7 Å². The van der Waals surface area contributed by atoms with Crippen LogP contribution in [0.5, 0.6) is 5.75 Å². The van der Waals surface area contributed by atoms with E-state index in [0.29, 0.717) is 39.1 Å². The Morgan fingerprint density at radius 1 is 1.00 bits per heavy atom. The highest BCUT2D eigenvalue weighted by Gasteiger charge is 2.40. The van der Waals surface area contributed by atoms with Crippen molar-refractivity contribution in [2.24, 2.45) is 5.92 Å². The van der Waals surface area contributed by atoms with Crippen molar-refractivity contribution in [2.75, 3.05) is 26.2 Å². The molecule has 8 heteroatoms. The highest BCUT2D eigenvalue weighted by Crippen LogP contribution is 2.21. The SMILES string of the molecule is CCC(C)[C@@H]1NCCOc2ccccc2CCCNC(=O)[C@@H](Cc2ccccc2)N2CC[C@H](NC1=O)C2=O. The Kier molecular flexibility index (Phi) is 9.76. The van der Waals surface area contributed by atoms with Crippen molar-refractivity contribution in [3.8, 4) is 5.75 Å². The molecular weight excluding hydrogens is 480 g/mol. The number of nitrogens with zero attached hydrogens (tertiary/aromatic N) is 1. The van der Waals surface area contributed by atoms with Crippen molar-refractivity contribution >= 4 is 17.7 Å². The Labute approximate surface area is 225 Å². The molecule has 0 spiro atoms. The molecule has 1 saturated heterocycles. The summed E-state index contributed by atoms with van der Waals surface area (Å²) in [6.07, 6.45) is 3.24. The van der Waals surface area contributed by atoms with Gasteiger partial charge in [0.2, 0.25) is 17.7 Å². The van der Waals surface area contributed by atoms with Gasteiger partial charge in [-0.2, -0.15) is 0 Å². The third-order valence-electron chi connectivity index (χ3n) is 7.62. The lowest BCUT2D eigenvalue weighted by atomic mass is 9.98. The largest absolute Gasteiger partial charge is 0.492 e. The van der Waals surface area contributed by atoms with Crippen LogP contribution in [0.25, 0.3) is 0 Å². The second-order valence-corrected chi connectivity index (χ2v) is 10.3. The van der Waals surface area contributed by atoms with Crippen molar-refractivity contribution in [1.82, 2.24) is 20.9 Å². The Hall–Kier alpha value is -3.39. The summed E-state index contributed by atoms with van der Waals surface area (Å²) in [5, 5.41) is 9.39. The highest BCUT2D eigenvalue weighted by atomic mass is 16.5. The minimum absolute atomic E-state index is 0.0806. The summed E-state index contributed by atoms with van der Waals surface area (Å²) in [6.45, 7) is 5.94. The molecule has 2 aliphatic heterocycles. The van der Waals surface area contributed by atoms with Crippen LogP contribution >= 0.6 is 0 Å². The fourth-order valence-corrected chi connectivity index (χ4v) is 5.21. The molecule has 2 bridgehead atoms. The van der Waals surface area contributed by atoms with Gasteiger partial charge in [0.15, 0.2) is 0 Å². The third kappa shape index (κ3) is 6.92. The van der Waals surface area contributed by atoms with Crippen molar-refractivity contribution in [3.63, 3.8) is 0 Å².